The molecule has 1 aliphatic rings. The fourth-order valence-corrected chi connectivity index (χ4v) is 2.47. The first-order chi connectivity index (χ1) is 7.86. The molecule has 0 saturated carbocycles. The maximum absolute atomic E-state index is 6.23. The Balaban J connectivity index is 2.29. The molecule has 0 bridgehead atoms. The molecule has 2 heterocycles. The van der Waals surface area contributed by atoms with E-state index in [0.717, 1.165) is 29.6 Å². The summed E-state index contributed by atoms with van der Waals surface area (Å²) in [7, 11) is 0. The summed E-state index contributed by atoms with van der Waals surface area (Å²) in [6.45, 7) is 0. The monoisotopic (exact) mass is 213 g/mol. The Hall–Kier alpha value is -1.64. The highest BCUT2D eigenvalue weighted by Crippen LogP contribution is 2.29. The number of nitrogen functional groups attached to an aromatic ring is 1. The fraction of sp³-hybridized carbons (Fsp3) is 0.385. The summed E-state index contributed by atoms with van der Waals surface area (Å²) in [4.78, 5) is 8.94. The molecule has 0 saturated heterocycles. The molecule has 0 radical (unpaired) electrons. The number of fused-ring (bicyclic) bond motifs is 2. The average molecular weight is 213 g/mol. The molecule has 0 aliphatic heterocycles. The van der Waals surface area contributed by atoms with Gasteiger partial charge in [-0.2, -0.15) is 0 Å². The van der Waals surface area contributed by atoms with Gasteiger partial charge in [-0.15, -0.1) is 0 Å². The fourth-order valence-electron chi connectivity index (χ4n) is 2.47. The molecule has 1 aliphatic carbocycles. The molecule has 0 aromatic carbocycles. The topological polar surface area (TPSA) is 51.8 Å². The Bertz CT molecular complexity index is 534. The second-order valence-electron chi connectivity index (χ2n) is 4.39. The Morgan fingerprint density at radius 1 is 1.12 bits per heavy atom. The van der Waals surface area contributed by atoms with Crippen molar-refractivity contribution >= 4 is 16.7 Å². The summed E-state index contributed by atoms with van der Waals surface area (Å²) in [5.74, 6) is 0. The van der Waals surface area contributed by atoms with E-state index in [9.17, 15) is 0 Å². The summed E-state index contributed by atoms with van der Waals surface area (Å²) < 4.78 is 0. The van der Waals surface area contributed by atoms with Crippen LogP contribution in [0.4, 0.5) is 5.69 Å². The van der Waals surface area contributed by atoms with E-state index >= 15 is 0 Å². The van der Waals surface area contributed by atoms with Crippen molar-refractivity contribution in [1.29, 1.82) is 0 Å². The molecule has 0 atom stereocenters. The maximum atomic E-state index is 6.23. The van der Waals surface area contributed by atoms with Crippen LogP contribution in [0.25, 0.3) is 11.0 Å². The van der Waals surface area contributed by atoms with Crippen molar-refractivity contribution < 1.29 is 0 Å². The van der Waals surface area contributed by atoms with Gasteiger partial charge in [0.15, 0.2) is 5.65 Å². The number of aromatic nitrogens is 2. The number of pyridine rings is 2. The molecular weight excluding hydrogens is 198 g/mol. The van der Waals surface area contributed by atoms with E-state index in [1.165, 1.54) is 30.5 Å². The number of rotatable bonds is 0. The molecule has 2 aromatic heterocycles. The van der Waals surface area contributed by atoms with Crippen molar-refractivity contribution in [2.75, 3.05) is 5.73 Å². The summed E-state index contributed by atoms with van der Waals surface area (Å²) >= 11 is 0. The normalized spacial score (nSPS) is 15.8. The molecule has 2 N–H and O–H groups in total. The van der Waals surface area contributed by atoms with Crippen LogP contribution in [0.5, 0.6) is 0 Å². The minimum absolute atomic E-state index is 0.792. The zero-order valence-electron chi connectivity index (χ0n) is 9.24. The highest BCUT2D eigenvalue weighted by atomic mass is 14.9. The third-order valence-corrected chi connectivity index (χ3v) is 3.33. The number of nitrogens with zero attached hydrogens (tertiary/aromatic N) is 2. The zero-order chi connectivity index (χ0) is 11.0. The molecule has 3 rings (SSSR count). The minimum Gasteiger partial charge on any atom is -0.398 e. The number of aryl methyl sites for hydroxylation is 1. The van der Waals surface area contributed by atoms with Crippen LogP contribution < -0.4 is 5.73 Å². The lowest BCUT2D eigenvalue weighted by Crippen LogP contribution is -2.03. The molecule has 0 unspecified atom stereocenters. The molecule has 0 amide bonds. The highest BCUT2D eigenvalue weighted by molar-refractivity contribution is 5.89. The van der Waals surface area contributed by atoms with Crippen LogP contribution in [0.15, 0.2) is 18.3 Å². The summed E-state index contributed by atoms with van der Waals surface area (Å²) in [6, 6.07) is 3.93. The Kier molecular flexibility index (Phi) is 2.24. The smallest absolute Gasteiger partial charge is 0.161 e. The van der Waals surface area contributed by atoms with E-state index in [1.54, 1.807) is 6.20 Å². The first-order valence-corrected chi connectivity index (χ1v) is 5.88. The van der Waals surface area contributed by atoms with Gasteiger partial charge in [-0.3, -0.25) is 0 Å². The van der Waals surface area contributed by atoms with Gasteiger partial charge in [0.2, 0.25) is 0 Å². The van der Waals surface area contributed by atoms with Crippen LogP contribution >= 0.6 is 0 Å². The number of hydrogen-bond acceptors (Lipinski definition) is 3. The zero-order valence-corrected chi connectivity index (χ0v) is 9.24. The lowest BCUT2D eigenvalue weighted by atomic mass is 10.0. The predicted molar refractivity (Wildman–Crippen MR) is 65.2 cm³/mol. The van der Waals surface area contributed by atoms with Crippen LogP contribution in [0, 0.1) is 0 Å². The highest BCUT2D eigenvalue weighted by Gasteiger charge is 2.15. The number of anilines is 1. The van der Waals surface area contributed by atoms with Gasteiger partial charge in [0.25, 0.3) is 0 Å². The largest absolute Gasteiger partial charge is 0.398 e. The molecule has 3 nitrogen and oxygen atoms in total. The quantitative estimate of drug-likeness (QED) is 0.684. The summed E-state index contributed by atoms with van der Waals surface area (Å²) in [5, 5.41) is 1.00. The molecule has 82 valence electrons. The Labute approximate surface area is 94.7 Å². The van der Waals surface area contributed by atoms with Gasteiger partial charge in [0.1, 0.15) is 0 Å². The molecule has 2 aromatic rings. The molecule has 0 spiro atoms. The number of hydrogen-bond donors (Lipinski definition) is 1. The van der Waals surface area contributed by atoms with Gasteiger partial charge in [0.05, 0.1) is 0 Å². The van der Waals surface area contributed by atoms with E-state index in [-0.39, 0.29) is 0 Å². The predicted octanol–water partition coefficient (Wildman–Crippen LogP) is 2.48. The van der Waals surface area contributed by atoms with Gasteiger partial charge in [0, 0.05) is 23.0 Å². The van der Waals surface area contributed by atoms with Crippen molar-refractivity contribution in [1.82, 2.24) is 9.97 Å². The SMILES string of the molecule is Nc1c2c(nc3ncccc13)CCCCC2. The van der Waals surface area contributed by atoms with E-state index in [1.807, 2.05) is 12.1 Å². The minimum atomic E-state index is 0.792. The van der Waals surface area contributed by atoms with Gasteiger partial charge in [-0.1, -0.05) is 6.42 Å². The Morgan fingerprint density at radius 3 is 2.94 bits per heavy atom. The number of nitrogens with two attached hydrogens (primary N) is 1. The van der Waals surface area contributed by atoms with E-state index in [4.69, 9.17) is 5.73 Å². The summed E-state index contributed by atoms with van der Waals surface area (Å²) in [6.07, 6.45) is 7.62. The van der Waals surface area contributed by atoms with Gasteiger partial charge in [-0.05, 0) is 43.4 Å². The average Bonchev–Trinajstić information content (AvgIpc) is 2.55. The first-order valence-electron chi connectivity index (χ1n) is 5.88. The third-order valence-electron chi connectivity index (χ3n) is 3.33. The van der Waals surface area contributed by atoms with Crippen LogP contribution in [-0.2, 0) is 12.8 Å². The van der Waals surface area contributed by atoms with E-state index < -0.39 is 0 Å². The van der Waals surface area contributed by atoms with Crippen molar-refractivity contribution in [3.63, 3.8) is 0 Å². The third kappa shape index (κ3) is 1.43. The van der Waals surface area contributed by atoms with Gasteiger partial charge < -0.3 is 5.73 Å². The van der Waals surface area contributed by atoms with Crippen molar-refractivity contribution in [2.45, 2.75) is 32.1 Å². The second kappa shape index (κ2) is 3.74. The molecule has 3 heteroatoms. The standard InChI is InChI=1S/C13H15N3/c14-12-9-5-2-1-3-7-11(9)16-13-10(12)6-4-8-15-13/h4,6,8H,1-3,5,7H2,(H2,14,15,16). The van der Waals surface area contributed by atoms with Crippen LogP contribution in [0.3, 0.4) is 0 Å². The van der Waals surface area contributed by atoms with Gasteiger partial charge >= 0.3 is 0 Å². The van der Waals surface area contributed by atoms with Crippen molar-refractivity contribution in [3.05, 3.63) is 29.6 Å². The lowest BCUT2D eigenvalue weighted by molar-refractivity contribution is 0.709. The second-order valence-corrected chi connectivity index (χ2v) is 4.39. The Morgan fingerprint density at radius 2 is 2.00 bits per heavy atom. The van der Waals surface area contributed by atoms with E-state index in [2.05, 4.69) is 9.97 Å². The van der Waals surface area contributed by atoms with Crippen LogP contribution in [0.2, 0.25) is 0 Å². The lowest BCUT2D eigenvalue weighted by Gasteiger charge is -2.10. The van der Waals surface area contributed by atoms with Crippen molar-refractivity contribution in [2.24, 2.45) is 0 Å². The molecule has 16 heavy (non-hydrogen) atoms. The molecule has 0 fully saturated rings. The van der Waals surface area contributed by atoms with Crippen molar-refractivity contribution in [3.8, 4) is 0 Å². The van der Waals surface area contributed by atoms with E-state index in [0.29, 0.717) is 0 Å². The molecular formula is C13H15N3. The van der Waals surface area contributed by atoms with Crippen LogP contribution in [-0.4, -0.2) is 9.97 Å². The maximum Gasteiger partial charge on any atom is 0.161 e. The van der Waals surface area contributed by atoms with Gasteiger partial charge in [-0.25, -0.2) is 9.97 Å². The summed E-state index contributed by atoms with van der Waals surface area (Å²) in [5.41, 5.74) is 10.3. The van der Waals surface area contributed by atoms with Crippen LogP contribution in [0.1, 0.15) is 30.5 Å². The first kappa shape index (κ1) is 9.58.